The van der Waals surface area contributed by atoms with Gasteiger partial charge >= 0.3 is 0 Å². The summed E-state index contributed by atoms with van der Waals surface area (Å²) in [5.74, 6) is 0.195. The van der Waals surface area contributed by atoms with Crippen molar-refractivity contribution in [3.8, 4) is 0 Å². The lowest BCUT2D eigenvalue weighted by Crippen LogP contribution is -2.33. The SMILES string of the molecule is CCCCC(=O)NC1CCC(N)C1. The molecule has 3 N–H and O–H groups in total. The van der Waals surface area contributed by atoms with E-state index in [0.29, 0.717) is 18.5 Å². The van der Waals surface area contributed by atoms with Crippen molar-refractivity contribution in [2.75, 3.05) is 0 Å². The van der Waals surface area contributed by atoms with E-state index in [9.17, 15) is 4.79 Å². The molecule has 0 aromatic rings. The summed E-state index contributed by atoms with van der Waals surface area (Å²) in [4.78, 5) is 11.3. The van der Waals surface area contributed by atoms with Gasteiger partial charge < -0.3 is 11.1 Å². The average molecular weight is 184 g/mol. The summed E-state index contributed by atoms with van der Waals surface area (Å²) in [6.45, 7) is 2.10. The van der Waals surface area contributed by atoms with Crippen molar-refractivity contribution in [2.45, 2.75) is 57.5 Å². The van der Waals surface area contributed by atoms with E-state index in [2.05, 4.69) is 12.2 Å². The molecule has 0 aliphatic heterocycles. The van der Waals surface area contributed by atoms with Crippen LogP contribution in [0.4, 0.5) is 0 Å². The maximum absolute atomic E-state index is 11.3. The van der Waals surface area contributed by atoms with E-state index in [0.717, 1.165) is 32.1 Å². The fourth-order valence-electron chi connectivity index (χ4n) is 1.78. The van der Waals surface area contributed by atoms with Crippen molar-refractivity contribution in [1.29, 1.82) is 0 Å². The van der Waals surface area contributed by atoms with Gasteiger partial charge in [0.15, 0.2) is 0 Å². The minimum Gasteiger partial charge on any atom is -0.353 e. The Morgan fingerprint density at radius 3 is 2.85 bits per heavy atom. The first-order chi connectivity index (χ1) is 6.22. The minimum atomic E-state index is 0.195. The molecule has 0 saturated heterocycles. The zero-order chi connectivity index (χ0) is 9.68. The van der Waals surface area contributed by atoms with Gasteiger partial charge in [-0.3, -0.25) is 4.79 Å². The number of rotatable bonds is 4. The van der Waals surface area contributed by atoms with Crippen molar-refractivity contribution in [1.82, 2.24) is 5.32 Å². The van der Waals surface area contributed by atoms with Gasteiger partial charge in [0.2, 0.25) is 5.91 Å². The van der Waals surface area contributed by atoms with Crippen molar-refractivity contribution >= 4 is 5.91 Å². The second-order valence-corrected chi connectivity index (χ2v) is 3.94. The molecule has 3 nitrogen and oxygen atoms in total. The van der Waals surface area contributed by atoms with E-state index in [4.69, 9.17) is 5.73 Å². The van der Waals surface area contributed by atoms with Crippen molar-refractivity contribution in [2.24, 2.45) is 5.73 Å². The standard InChI is InChI=1S/C10H20N2O/c1-2-3-4-10(13)12-9-6-5-8(11)7-9/h8-9H,2-7,11H2,1H3,(H,12,13). The van der Waals surface area contributed by atoms with Crippen LogP contribution in [0.25, 0.3) is 0 Å². The molecule has 0 radical (unpaired) electrons. The molecule has 13 heavy (non-hydrogen) atoms. The van der Waals surface area contributed by atoms with Gasteiger partial charge in [0.05, 0.1) is 0 Å². The van der Waals surface area contributed by atoms with Crippen LogP contribution in [0.2, 0.25) is 0 Å². The van der Waals surface area contributed by atoms with Crippen molar-refractivity contribution in [3.05, 3.63) is 0 Å². The van der Waals surface area contributed by atoms with Gasteiger partial charge in [-0.25, -0.2) is 0 Å². The van der Waals surface area contributed by atoms with Crippen molar-refractivity contribution in [3.63, 3.8) is 0 Å². The summed E-state index contributed by atoms with van der Waals surface area (Å²) >= 11 is 0. The van der Waals surface area contributed by atoms with Crippen LogP contribution < -0.4 is 11.1 Å². The summed E-state index contributed by atoms with van der Waals surface area (Å²) in [6.07, 6.45) is 5.81. The van der Waals surface area contributed by atoms with Crippen LogP contribution in [0, 0.1) is 0 Å². The Bertz CT molecular complexity index is 170. The first-order valence-electron chi connectivity index (χ1n) is 5.27. The second kappa shape index (κ2) is 5.22. The Morgan fingerprint density at radius 2 is 2.31 bits per heavy atom. The normalized spacial score (nSPS) is 27.5. The average Bonchev–Trinajstić information content (AvgIpc) is 2.48. The number of unbranched alkanes of at least 4 members (excludes halogenated alkanes) is 1. The predicted molar refractivity (Wildman–Crippen MR) is 53.3 cm³/mol. The van der Waals surface area contributed by atoms with Gasteiger partial charge in [0.25, 0.3) is 0 Å². The molecule has 1 amide bonds. The van der Waals surface area contributed by atoms with Crippen LogP contribution in [0.3, 0.4) is 0 Å². The third kappa shape index (κ3) is 3.77. The fraction of sp³-hybridized carbons (Fsp3) is 0.900. The van der Waals surface area contributed by atoms with Crippen LogP contribution in [-0.4, -0.2) is 18.0 Å². The lowest BCUT2D eigenvalue weighted by Gasteiger charge is -2.11. The van der Waals surface area contributed by atoms with E-state index < -0.39 is 0 Å². The Kier molecular flexibility index (Phi) is 4.22. The maximum Gasteiger partial charge on any atom is 0.220 e. The van der Waals surface area contributed by atoms with Gasteiger partial charge in [0.1, 0.15) is 0 Å². The predicted octanol–water partition coefficient (Wildman–Crippen LogP) is 1.17. The highest BCUT2D eigenvalue weighted by Crippen LogP contribution is 2.17. The lowest BCUT2D eigenvalue weighted by atomic mass is 10.2. The van der Waals surface area contributed by atoms with E-state index in [1.807, 2.05) is 0 Å². The van der Waals surface area contributed by atoms with E-state index >= 15 is 0 Å². The van der Waals surface area contributed by atoms with Crippen LogP contribution >= 0.6 is 0 Å². The molecule has 0 bridgehead atoms. The molecule has 1 saturated carbocycles. The summed E-state index contributed by atoms with van der Waals surface area (Å²) in [5, 5.41) is 3.03. The summed E-state index contributed by atoms with van der Waals surface area (Å²) in [6, 6.07) is 0.649. The number of carbonyl (C=O) groups is 1. The first-order valence-corrected chi connectivity index (χ1v) is 5.27. The largest absolute Gasteiger partial charge is 0.353 e. The van der Waals surface area contributed by atoms with E-state index in [1.165, 1.54) is 0 Å². The highest BCUT2D eigenvalue weighted by Gasteiger charge is 2.22. The molecule has 3 heteroatoms. The molecule has 2 unspecified atom stereocenters. The smallest absolute Gasteiger partial charge is 0.220 e. The number of hydrogen-bond acceptors (Lipinski definition) is 2. The van der Waals surface area contributed by atoms with Gasteiger partial charge in [0, 0.05) is 18.5 Å². The third-order valence-corrected chi connectivity index (χ3v) is 2.60. The molecule has 0 heterocycles. The molecule has 1 aliphatic carbocycles. The van der Waals surface area contributed by atoms with Gasteiger partial charge in [-0.15, -0.1) is 0 Å². The molecule has 0 aromatic heterocycles. The summed E-state index contributed by atoms with van der Waals surface area (Å²) < 4.78 is 0. The molecule has 0 spiro atoms. The second-order valence-electron chi connectivity index (χ2n) is 3.94. The molecule has 1 fully saturated rings. The van der Waals surface area contributed by atoms with E-state index in [-0.39, 0.29) is 5.91 Å². The third-order valence-electron chi connectivity index (χ3n) is 2.60. The van der Waals surface area contributed by atoms with Crippen LogP contribution in [0.15, 0.2) is 0 Å². The van der Waals surface area contributed by atoms with Gasteiger partial charge in [-0.2, -0.15) is 0 Å². The molecule has 76 valence electrons. The van der Waals surface area contributed by atoms with Crippen LogP contribution in [0.5, 0.6) is 0 Å². The van der Waals surface area contributed by atoms with Crippen LogP contribution in [0.1, 0.15) is 45.4 Å². The first kappa shape index (κ1) is 10.5. The Hall–Kier alpha value is -0.570. The lowest BCUT2D eigenvalue weighted by molar-refractivity contribution is -0.121. The molecule has 1 rings (SSSR count). The monoisotopic (exact) mass is 184 g/mol. The Labute approximate surface area is 80.1 Å². The van der Waals surface area contributed by atoms with E-state index in [1.54, 1.807) is 0 Å². The number of amides is 1. The highest BCUT2D eigenvalue weighted by molar-refractivity contribution is 5.76. The maximum atomic E-state index is 11.3. The summed E-state index contributed by atoms with van der Waals surface area (Å²) in [7, 11) is 0. The fourth-order valence-corrected chi connectivity index (χ4v) is 1.78. The Morgan fingerprint density at radius 1 is 1.54 bits per heavy atom. The molecule has 2 atom stereocenters. The van der Waals surface area contributed by atoms with Gasteiger partial charge in [-0.05, 0) is 25.7 Å². The number of nitrogens with two attached hydrogens (primary N) is 1. The molecule has 1 aliphatic rings. The molecule has 0 aromatic carbocycles. The molecular weight excluding hydrogens is 164 g/mol. The highest BCUT2D eigenvalue weighted by atomic mass is 16.1. The number of nitrogens with one attached hydrogen (secondary N) is 1. The van der Waals surface area contributed by atoms with Crippen LogP contribution in [-0.2, 0) is 4.79 Å². The topological polar surface area (TPSA) is 55.1 Å². The minimum absolute atomic E-state index is 0.195. The number of hydrogen-bond donors (Lipinski definition) is 2. The summed E-state index contributed by atoms with van der Waals surface area (Å²) in [5.41, 5.74) is 5.75. The zero-order valence-corrected chi connectivity index (χ0v) is 8.38. The zero-order valence-electron chi connectivity index (χ0n) is 8.38. The number of carbonyl (C=O) groups excluding carboxylic acids is 1. The van der Waals surface area contributed by atoms with Crippen molar-refractivity contribution < 1.29 is 4.79 Å². The quantitative estimate of drug-likeness (QED) is 0.689. The van der Waals surface area contributed by atoms with Gasteiger partial charge in [-0.1, -0.05) is 13.3 Å². The Balaban J connectivity index is 2.13. The molecular formula is C10H20N2O.